The lowest BCUT2D eigenvalue weighted by atomic mass is 10.3. The van der Waals surface area contributed by atoms with Crippen LogP contribution in [0.4, 0.5) is 0 Å². The van der Waals surface area contributed by atoms with Gasteiger partial charge < -0.3 is 4.90 Å². The SMILES string of the molecule is CN(C)CCN1CCC(ON)C1. The van der Waals surface area contributed by atoms with E-state index in [1.165, 1.54) is 0 Å². The van der Waals surface area contributed by atoms with Crippen LogP contribution in [-0.4, -0.2) is 56.2 Å². The van der Waals surface area contributed by atoms with Crippen LogP contribution < -0.4 is 5.90 Å². The van der Waals surface area contributed by atoms with Gasteiger partial charge in [-0.3, -0.25) is 9.74 Å². The number of nitrogens with two attached hydrogens (primary N) is 1. The molecule has 0 bridgehead atoms. The Balaban J connectivity index is 2.11. The van der Waals surface area contributed by atoms with Crippen molar-refractivity contribution in [1.29, 1.82) is 0 Å². The summed E-state index contributed by atoms with van der Waals surface area (Å²) in [5.41, 5.74) is 0. The molecule has 2 N–H and O–H groups in total. The van der Waals surface area contributed by atoms with E-state index in [1.807, 2.05) is 0 Å². The number of hydrogen-bond acceptors (Lipinski definition) is 4. The molecule has 0 spiro atoms. The zero-order valence-corrected chi connectivity index (χ0v) is 7.99. The fourth-order valence-corrected chi connectivity index (χ4v) is 1.45. The first kappa shape index (κ1) is 9.92. The zero-order valence-electron chi connectivity index (χ0n) is 7.99. The number of hydrogen-bond donors (Lipinski definition) is 1. The van der Waals surface area contributed by atoms with Crippen molar-refractivity contribution in [3.05, 3.63) is 0 Å². The molecule has 1 rings (SSSR count). The predicted octanol–water partition coefficient (Wildman–Crippen LogP) is -0.487. The first-order valence-corrected chi connectivity index (χ1v) is 4.45. The summed E-state index contributed by atoms with van der Waals surface area (Å²) in [6.45, 7) is 4.34. The lowest BCUT2D eigenvalue weighted by molar-refractivity contribution is 0.0590. The third-order valence-electron chi connectivity index (χ3n) is 2.29. The standard InChI is InChI=1S/C8H19N3O/c1-10(2)5-6-11-4-3-8(7-11)12-9/h8H,3-7,9H2,1-2H3. The molecule has 0 radical (unpaired) electrons. The molecule has 12 heavy (non-hydrogen) atoms. The Morgan fingerprint density at radius 1 is 1.58 bits per heavy atom. The van der Waals surface area contributed by atoms with E-state index in [2.05, 4.69) is 23.9 Å². The number of likely N-dealkylation sites (N-methyl/N-ethyl adjacent to an activating group) is 1. The molecule has 0 amide bonds. The van der Waals surface area contributed by atoms with Crippen LogP contribution in [0.1, 0.15) is 6.42 Å². The third-order valence-corrected chi connectivity index (χ3v) is 2.29. The predicted molar refractivity (Wildman–Crippen MR) is 48.7 cm³/mol. The summed E-state index contributed by atoms with van der Waals surface area (Å²) in [6.07, 6.45) is 1.33. The summed E-state index contributed by atoms with van der Waals surface area (Å²) in [5.74, 6) is 5.11. The van der Waals surface area contributed by atoms with Crippen molar-refractivity contribution in [2.24, 2.45) is 5.90 Å². The molecular weight excluding hydrogens is 154 g/mol. The van der Waals surface area contributed by atoms with Gasteiger partial charge in [0.2, 0.25) is 0 Å². The van der Waals surface area contributed by atoms with E-state index < -0.39 is 0 Å². The van der Waals surface area contributed by atoms with Gasteiger partial charge in [0, 0.05) is 26.2 Å². The molecule has 4 heteroatoms. The lowest BCUT2D eigenvalue weighted by Crippen LogP contribution is -2.31. The second-order valence-corrected chi connectivity index (χ2v) is 3.65. The quantitative estimate of drug-likeness (QED) is 0.583. The maximum atomic E-state index is 5.11. The molecule has 4 nitrogen and oxygen atoms in total. The summed E-state index contributed by atoms with van der Waals surface area (Å²) in [5, 5.41) is 0. The van der Waals surface area contributed by atoms with E-state index in [0.717, 1.165) is 32.6 Å². The van der Waals surface area contributed by atoms with Gasteiger partial charge in [-0.05, 0) is 20.5 Å². The Kier molecular flexibility index (Phi) is 3.94. The van der Waals surface area contributed by atoms with Crippen LogP contribution in [0.5, 0.6) is 0 Å². The maximum Gasteiger partial charge on any atom is 0.0926 e. The summed E-state index contributed by atoms with van der Waals surface area (Å²) in [7, 11) is 4.18. The van der Waals surface area contributed by atoms with Gasteiger partial charge in [-0.1, -0.05) is 0 Å². The van der Waals surface area contributed by atoms with Crippen molar-refractivity contribution < 1.29 is 4.84 Å². The van der Waals surface area contributed by atoms with Crippen LogP contribution in [0, 0.1) is 0 Å². The van der Waals surface area contributed by atoms with Crippen LogP contribution in [0.3, 0.4) is 0 Å². The van der Waals surface area contributed by atoms with Gasteiger partial charge in [-0.25, -0.2) is 5.90 Å². The summed E-state index contributed by atoms with van der Waals surface area (Å²) in [6, 6.07) is 0. The van der Waals surface area contributed by atoms with Crippen molar-refractivity contribution >= 4 is 0 Å². The molecule has 0 aromatic carbocycles. The minimum absolute atomic E-state index is 0.257. The molecule has 1 unspecified atom stereocenters. The molecule has 0 aliphatic carbocycles. The van der Waals surface area contributed by atoms with Gasteiger partial charge in [0.05, 0.1) is 6.10 Å². The minimum atomic E-state index is 0.257. The lowest BCUT2D eigenvalue weighted by Gasteiger charge is -2.17. The average molecular weight is 173 g/mol. The van der Waals surface area contributed by atoms with Crippen molar-refractivity contribution in [1.82, 2.24) is 9.80 Å². The van der Waals surface area contributed by atoms with Gasteiger partial charge in [-0.2, -0.15) is 0 Å². The van der Waals surface area contributed by atoms with Crippen LogP contribution in [-0.2, 0) is 4.84 Å². The van der Waals surface area contributed by atoms with E-state index in [0.29, 0.717) is 0 Å². The molecule has 1 atom stereocenters. The Morgan fingerprint density at radius 2 is 2.33 bits per heavy atom. The minimum Gasteiger partial charge on any atom is -0.308 e. The number of likely N-dealkylation sites (tertiary alicyclic amines) is 1. The molecule has 1 aliphatic heterocycles. The first-order chi connectivity index (χ1) is 5.72. The topological polar surface area (TPSA) is 41.7 Å². The Bertz CT molecular complexity index is 129. The zero-order chi connectivity index (χ0) is 8.97. The highest BCUT2D eigenvalue weighted by Gasteiger charge is 2.21. The van der Waals surface area contributed by atoms with Crippen molar-refractivity contribution in [2.45, 2.75) is 12.5 Å². The molecule has 0 aromatic heterocycles. The molecule has 0 aromatic rings. The molecule has 1 fully saturated rings. The van der Waals surface area contributed by atoms with Crippen molar-refractivity contribution in [2.75, 3.05) is 40.3 Å². The second-order valence-electron chi connectivity index (χ2n) is 3.65. The van der Waals surface area contributed by atoms with Gasteiger partial charge in [-0.15, -0.1) is 0 Å². The third kappa shape index (κ3) is 3.06. The molecule has 1 aliphatic rings. The summed E-state index contributed by atoms with van der Waals surface area (Å²) in [4.78, 5) is 9.37. The normalized spacial score (nSPS) is 25.5. The van der Waals surface area contributed by atoms with Crippen molar-refractivity contribution in [3.8, 4) is 0 Å². The molecular formula is C8H19N3O. The van der Waals surface area contributed by atoms with Crippen LogP contribution in [0.15, 0.2) is 0 Å². The smallest absolute Gasteiger partial charge is 0.0926 e. The Hall–Kier alpha value is -0.160. The van der Waals surface area contributed by atoms with Gasteiger partial charge in [0.25, 0.3) is 0 Å². The number of nitrogens with zero attached hydrogens (tertiary/aromatic N) is 2. The largest absolute Gasteiger partial charge is 0.308 e. The van der Waals surface area contributed by atoms with E-state index in [1.54, 1.807) is 0 Å². The Labute approximate surface area is 74.2 Å². The second kappa shape index (κ2) is 4.77. The van der Waals surface area contributed by atoms with Gasteiger partial charge in [0.15, 0.2) is 0 Å². The van der Waals surface area contributed by atoms with E-state index in [9.17, 15) is 0 Å². The van der Waals surface area contributed by atoms with Gasteiger partial charge >= 0.3 is 0 Å². The fraction of sp³-hybridized carbons (Fsp3) is 1.00. The van der Waals surface area contributed by atoms with Crippen LogP contribution in [0.2, 0.25) is 0 Å². The van der Waals surface area contributed by atoms with Crippen LogP contribution >= 0.6 is 0 Å². The molecule has 1 saturated heterocycles. The summed E-state index contributed by atoms with van der Waals surface area (Å²) >= 11 is 0. The highest BCUT2D eigenvalue weighted by Crippen LogP contribution is 2.09. The number of rotatable bonds is 4. The summed E-state index contributed by atoms with van der Waals surface area (Å²) < 4.78 is 0. The monoisotopic (exact) mass is 173 g/mol. The molecule has 1 heterocycles. The first-order valence-electron chi connectivity index (χ1n) is 4.45. The maximum absolute atomic E-state index is 5.11. The van der Waals surface area contributed by atoms with Gasteiger partial charge in [0.1, 0.15) is 0 Å². The van der Waals surface area contributed by atoms with E-state index in [4.69, 9.17) is 10.7 Å². The fourth-order valence-electron chi connectivity index (χ4n) is 1.45. The molecule has 0 saturated carbocycles. The van der Waals surface area contributed by atoms with E-state index >= 15 is 0 Å². The molecule has 72 valence electrons. The highest BCUT2D eigenvalue weighted by molar-refractivity contribution is 4.75. The highest BCUT2D eigenvalue weighted by atomic mass is 16.6. The Morgan fingerprint density at radius 3 is 2.83 bits per heavy atom. The van der Waals surface area contributed by atoms with E-state index in [-0.39, 0.29) is 6.10 Å². The van der Waals surface area contributed by atoms with Crippen molar-refractivity contribution in [3.63, 3.8) is 0 Å². The van der Waals surface area contributed by atoms with Crippen LogP contribution in [0.25, 0.3) is 0 Å². The average Bonchev–Trinajstić information content (AvgIpc) is 2.48.